The van der Waals surface area contributed by atoms with Gasteiger partial charge in [0.15, 0.2) is 0 Å². The Morgan fingerprint density at radius 3 is 0.906 bits per heavy atom. The number of fused-ring (bicyclic) bond motifs is 1. The minimum atomic E-state index is -2.42. The van der Waals surface area contributed by atoms with E-state index < -0.39 is 7.32 Å². The highest BCUT2D eigenvalue weighted by Crippen LogP contribution is 2.45. The molecule has 0 saturated carbocycles. The zero-order chi connectivity index (χ0) is 39.2. The number of quaternary nitrogens is 2. The second kappa shape index (κ2) is 20.5. The third-order valence-electron chi connectivity index (χ3n) is 11.8. The van der Waals surface area contributed by atoms with E-state index >= 15 is 0 Å². The fraction of sp³-hybridized carbons (Fsp3) is 0.404. The highest BCUT2D eigenvalue weighted by molar-refractivity contribution is 6.30. The summed E-state index contributed by atoms with van der Waals surface area (Å²) in [4.78, 5) is 0. The Morgan fingerprint density at radius 2 is 0.660 bits per heavy atom. The van der Waals surface area contributed by atoms with Crippen LogP contribution in [0.2, 0.25) is 0 Å². The average Bonchev–Trinajstić information content (AvgIpc) is 3.18. The van der Waals surface area contributed by atoms with Crippen molar-refractivity contribution in [3.05, 3.63) is 114 Å². The molecule has 0 amide bonds. The molecule has 5 rings (SSSR count). The van der Waals surface area contributed by atoms with Crippen LogP contribution in [-0.2, 0) is 0 Å². The molecule has 0 aliphatic rings. The van der Waals surface area contributed by atoms with Crippen molar-refractivity contribution in [2.45, 2.75) is 76.2 Å². The second-order valence-corrected chi connectivity index (χ2v) is 14.2. The lowest BCUT2D eigenvalue weighted by Crippen LogP contribution is -2.50. The van der Waals surface area contributed by atoms with Gasteiger partial charge in [0.1, 0.15) is 13.1 Å². The molecule has 0 radical (unpaired) electrons. The van der Waals surface area contributed by atoms with E-state index in [0.29, 0.717) is 5.75 Å². The zero-order valence-corrected chi connectivity index (χ0v) is 34.6. The standard InChI is InChI=1S/C31H25BO3.2C8H20N/c1-20-4-10-23(11-5-20)26-16-17-28(25-14-8-22(3)9-15-25)31-29(35-32(33)34)19-18-27(30(26)31)24-12-6-21(2)7-13-24;2*1-5-9(6-2,7-3)8-4/h4-19H,1-3H3;2*5-8H2,1-4H3/q-2;2*+1. The van der Waals surface area contributed by atoms with Gasteiger partial charge in [-0.2, -0.15) is 0 Å². The van der Waals surface area contributed by atoms with E-state index in [0.717, 1.165) is 49.7 Å². The summed E-state index contributed by atoms with van der Waals surface area (Å²) in [6.07, 6.45) is 0. The van der Waals surface area contributed by atoms with E-state index in [1.54, 1.807) is 6.07 Å². The molecule has 0 aliphatic carbocycles. The van der Waals surface area contributed by atoms with Crippen LogP contribution in [0.1, 0.15) is 72.1 Å². The van der Waals surface area contributed by atoms with Gasteiger partial charge < -0.3 is 23.7 Å². The molecule has 0 atom stereocenters. The van der Waals surface area contributed by atoms with Crippen molar-refractivity contribution in [2.75, 3.05) is 52.4 Å². The number of aryl methyl sites for hydroxylation is 3. The highest BCUT2D eigenvalue weighted by Gasteiger charge is 2.19. The molecule has 0 N–H and O–H groups in total. The fourth-order valence-electron chi connectivity index (χ4n) is 7.27. The Balaban J connectivity index is 0.000000348. The molecule has 0 aliphatic heterocycles. The molecule has 53 heavy (non-hydrogen) atoms. The van der Waals surface area contributed by atoms with Crippen LogP contribution in [0.3, 0.4) is 0 Å². The second-order valence-electron chi connectivity index (χ2n) is 14.2. The van der Waals surface area contributed by atoms with Gasteiger partial charge in [0.2, 0.25) is 0 Å². The molecule has 0 saturated heterocycles. The van der Waals surface area contributed by atoms with Crippen LogP contribution in [0.5, 0.6) is 5.75 Å². The lowest BCUT2D eigenvalue weighted by Gasteiger charge is -2.34. The molecule has 284 valence electrons. The minimum Gasteiger partial charge on any atom is -0.860 e. The van der Waals surface area contributed by atoms with Crippen molar-refractivity contribution in [3.63, 3.8) is 0 Å². The minimum absolute atomic E-state index is 0.301. The zero-order valence-electron chi connectivity index (χ0n) is 34.6. The number of rotatable bonds is 13. The van der Waals surface area contributed by atoms with Crippen molar-refractivity contribution in [3.8, 4) is 39.1 Å². The van der Waals surface area contributed by atoms with Crippen molar-refractivity contribution < 1.29 is 23.7 Å². The van der Waals surface area contributed by atoms with Crippen LogP contribution < -0.4 is 14.7 Å². The van der Waals surface area contributed by atoms with E-state index in [9.17, 15) is 10.0 Å². The summed E-state index contributed by atoms with van der Waals surface area (Å²) in [6, 6.07) is 32.9. The van der Waals surface area contributed by atoms with Crippen molar-refractivity contribution in [1.29, 1.82) is 0 Å². The highest BCUT2D eigenvalue weighted by atomic mass is 16.6. The van der Waals surface area contributed by atoms with Crippen LogP contribution in [0.4, 0.5) is 0 Å². The summed E-state index contributed by atoms with van der Waals surface area (Å²) in [6.45, 7) is 34.6. The van der Waals surface area contributed by atoms with Gasteiger partial charge in [-0.1, -0.05) is 108 Å². The van der Waals surface area contributed by atoms with E-state index in [1.165, 1.54) is 72.5 Å². The summed E-state index contributed by atoms with van der Waals surface area (Å²) >= 11 is 0. The third-order valence-corrected chi connectivity index (χ3v) is 11.8. The molecule has 6 heteroatoms. The maximum atomic E-state index is 11.6. The van der Waals surface area contributed by atoms with Crippen LogP contribution >= 0.6 is 0 Å². The molecule has 0 heterocycles. The van der Waals surface area contributed by atoms with Gasteiger partial charge in [-0.15, -0.1) is 0 Å². The average molecular weight is 717 g/mol. The van der Waals surface area contributed by atoms with Crippen LogP contribution in [0, 0.1) is 20.8 Å². The van der Waals surface area contributed by atoms with Crippen molar-refractivity contribution >= 4 is 18.1 Å². The lowest BCUT2D eigenvalue weighted by molar-refractivity contribution is -0.921. The van der Waals surface area contributed by atoms with Crippen LogP contribution in [0.15, 0.2) is 97.1 Å². The summed E-state index contributed by atoms with van der Waals surface area (Å²) in [5.41, 5.74) is 9.58. The SMILES string of the molecule is CC[N+](CC)(CC)CC.CC[N+](CC)(CC)CC.Cc1ccc(-c2ccc(-c3ccc(C)cc3)c3c(-c4ccc(C)cc4)ccc(OB([O-])[O-])c23)cc1. The first kappa shape index (κ1) is 43.5. The molecular weight excluding hydrogens is 651 g/mol. The van der Waals surface area contributed by atoms with Gasteiger partial charge in [-0.3, -0.25) is 0 Å². The number of benzene rings is 5. The fourth-order valence-corrected chi connectivity index (χ4v) is 7.27. The Morgan fingerprint density at radius 1 is 0.396 bits per heavy atom. The molecule has 0 bridgehead atoms. The van der Waals surface area contributed by atoms with Crippen LogP contribution in [-0.4, -0.2) is 68.6 Å². The smallest absolute Gasteiger partial charge is 0.133 e. The molecule has 0 aromatic heterocycles. The molecule has 0 fully saturated rings. The summed E-state index contributed by atoms with van der Waals surface area (Å²) in [5.74, 6) is 0.301. The molecule has 0 spiro atoms. The normalized spacial score (nSPS) is 11.3. The number of hydrogen-bond donors (Lipinski definition) is 0. The van der Waals surface area contributed by atoms with Crippen molar-refractivity contribution in [2.24, 2.45) is 0 Å². The predicted octanol–water partition coefficient (Wildman–Crippen LogP) is 9.62. The molecule has 5 aromatic rings. The van der Waals surface area contributed by atoms with Crippen molar-refractivity contribution in [1.82, 2.24) is 0 Å². The Kier molecular flexibility index (Phi) is 16.8. The van der Waals surface area contributed by atoms with E-state index in [2.05, 4.69) is 154 Å². The van der Waals surface area contributed by atoms with Gasteiger partial charge in [0.25, 0.3) is 0 Å². The number of nitrogens with zero attached hydrogens (tertiary/aromatic N) is 2. The summed E-state index contributed by atoms with van der Waals surface area (Å²) in [5, 5.41) is 25.0. The summed E-state index contributed by atoms with van der Waals surface area (Å²) < 4.78 is 7.88. The van der Waals surface area contributed by atoms with Gasteiger partial charge in [-0.05, 0) is 116 Å². The van der Waals surface area contributed by atoms with E-state index in [1.807, 2.05) is 13.0 Å². The maximum absolute atomic E-state index is 11.6. The van der Waals surface area contributed by atoms with Gasteiger partial charge in [-0.25, -0.2) is 0 Å². The predicted molar refractivity (Wildman–Crippen MR) is 226 cm³/mol. The first-order chi connectivity index (χ1) is 25.4. The first-order valence-corrected chi connectivity index (χ1v) is 19.9. The Hall–Kier alpha value is -3.94. The maximum Gasteiger partial charge on any atom is 0.133 e. The Bertz CT molecular complexity index is 1720. The van der Waals surface area contributed by atoms with Crippen LogP contribution in [0.25, 0.3) is 44.2 Å². The number of hydrogen-bond acceptors (Lipinski definition) is 3. The largest absolute Gasteiger partial charge is 0.860 e. The molecule has 5 nitrogen and oxygen atoms in total. The third kappa shape index (κ3) is 11.1. The molecule has 0 unspecified atom stereocenters. The monoisotopic (exact) mass is 717 g/mol. The summed E-state index contributed by atoms with van der Waals surface area (Å²) in [7, 11) is -2.42. The molecular formula is C47H65BN2O3. The van der Waals surface area contributed by atoms with E-state index in [-0.39, 0.29) is 0 Å². The van der Waals surface area contributed by atoms with Gasteiger partial charge in [0, 0.05) is 10.8 Å². The topological polar surface area (TPSA) is 55.3 Å². The lowest BCUT2D eigenvalue weighted by atomic mass is 9.86. The molecule has 5 aromatic carbocycles. The quantitative estimate of drug-likeness (QED) is 0.0901. The van der Waals surface area contributed by atoms with Gasteiger partial charge in [0.05, 0.1) is 52.4 Å². The van der Waals surface area contributed by atoms with E-state index in [4.69, 9.17) is 4.65 Å². The first-order valence-electron chi connectivity index (χ1n) is 19.9. The van der Waals surface area contributed by atoms with Gasteiger partial charge >= 0.3 is 0 Å². The Labute approximate surface area is 322 Å².